The largest absolute Gasteiger partial charge is 0.339 e. The minimum absolute atomic E-state index is 0.229. The standard InChI is InChI=1S/C16H19FN2/c1-3-19(15-7-5-4-6-12(15)2)16-9-8-13(11-18)10-14(16)17/h4-10H,3,11,18H2,1-2H3. The van der Waals surface area contributed by atoms with E-state index in [9.17, 15) is 4.39 Å². The van der Waals surface area contributed by atoms with E-state index in [4.69, 9.17) is 5.73 Å². The zero-order valence-electron chi connectivity index (χ0n) is 11.4. The summed E-state index contributed by atoms with van der Waals surface area (Å²) in [7, 11) is 0. The van der Waals surface area contributed by atoms with Crippen molar-refractivity contribution >= 4 is 11.4 Å². The molecule has 0 saturated carbocycles. The van der Waals surface area contributed by atoms with Gasteiger partial charge in [0, 0.05) is 18.8 Å². The van der Waals surface area contributed by atoms with Crippen LogP contribution in [0.4, 0.5) is 15.8 Å². The van der Waals surface area contributed by atoms with Gasteiger partial charge in [-0.2, -0.15) is 0 Å². The molecule has 3 heteroatoms. The lowest BCUT2D eigenvalue weighted by Crippen LogP contribution is -2.18. The smallest absolute Gasteiger partial charge is 0.147 e. The SMILES string of the molecule is CCN(c1ccccc1C)c1ccc(CN)cc1F. The summed E-state index contributed by atoms with van der Waals surface area (Å²) in [4.78, 5) is 1.98. The molecule has 0 saturated heterocycles. The molecule has 2 nitrogen and oxygen atoms in total. The summed E-state index contributed by atoms with van der Waals surface area (Å²) in [5, 5.41) is 0. The third kappa shape index (κ3) is 2.76. The third-order valence-electron chi connectivity index (χ3n) is 3.26. The van der Waals surface area contributed by atoms with Gasteiger partial charge in [0.05, 0.1) is 5.69 Å². The summed E-state index contributed by atoms with van der Waals surface area (Å²) in [5.74, 6) is -0.229. The van der Waals surface area contributed by atoms with Crippen LogP contribution in [0.2, 0.25) is 0 Å². The Bertz CT molecular complexity index is 566. The summed E-state index contributed by atoms with van der Waals surface area (Å²) in [5.41, 5.74) is 9.09. The zero-order valence-corrected chi connectivity index (χ0v) is 11.4. The van der Waals surface area contributed by atoms with Gasteiger partial charge in [-0.3, -0.25) is 0 Å². The maximum absolute atomic E-state index is 14.2. The Morgan fingerprint density at radius 1 is 1.11 bits per heavy atom. The van der Waals surface area contributed by atoms with Gasteiger partial charge in [0.2, 0.25) is 0 Å². The first-order valence-corrected chi connectivity index (χ1v) is 6.49. The number of hydrogen-bond donors (Lipinski definition) is 1. The van der Waals surface area contributed by atoms with Crippen LogP contribution in [-0.4, -0.2) is 6.54 Å². The molecule has 2 aromatic rings. The van der Waals surface area contributed by atoms with Crippen LogP contribution in [0.1, 0.15) is 18.1 Å². The van der Waals surface area contributed by atoms with Crippen LogP contribution in [0.5, 0.6) is 0 Å². The highest BCUT2D eigenvalue weighted by molar-refractivity contribution is 5.66. The van der Waals surface area contributed by atoms with Gasteiger partial charge < -0.3 is 10.6 Å². The van der Waals surface area contributed by atoms with E-state index in [0.29, 0.717) is 18.8 Å². The Labute approximate surface area is 113 Å². The summed E-state index contributed by atoms with van der Waals surface area (Å²) in [6, 6.07) is 13.2. The first-order chi connectivity index (χ1) is 9.17. The van der Waals surface area contributed by atoms with Crippen molar-refractivity contribution in [2.24, 2.45) is 5.73 Å². The van der Waals surface area contributed by atoms with Crippen LogP contribution in [0, 0.1) is 12.7 Å². The van der Waals surface area contributed by atoms with Crippen LogP contribution in [-0.2, 0) is 6.54 Å². The fourth-order valence-corrected chi connectivity index (χ4v) is 2.23. The number of rotatable bonds is 4. The fourth-order valence-electron chi connectivity index (χ4n) is 2.23. The Kier molecular flexibility index (Phi) is 4.17. The highest BCUT2D eigenvalue weighted by Crippen LogP contribution is 2.30. The van der Waals surface area contributed by atoms with Crippen LogP contribution < -0.4 is 10.6 Å². The summed E-state index contributed by atoms with van der Waals surface area (Å²) >= 11 is 0. The number of benzene rings is 2. The number of nitrogens with two attached hydrogens (primary N) is 1. The molecule has 19 heavy (non-hydrogen) atoms. The van der Waals surface area contributed by atoms with Crippen molar-refractivity contribution < 1.29 is 4.39 Å². The van der Waals surface area contributed by atoms with E-state index in [1.54, 1.807) is 6.07 Å². The van der Waals surface area contributed by atoms with Crippen molar-refractivity contribution in [3.05, 3.63) is 59.4 Å². The van der Waals surface area contributed by atoms with Gasteiger partial charge in [0.15, 0.2) is 0 Å². The van der Waals surface area contributed by atoms with Gasteiger partial charge in [0.25, 0.3) is 0 Å². The Balaban J connectivity index is 2.46. The first kappa shape index (κ1) is 13.6. The van der Waals surface area contributed by atoms with Gasteiger partial charge in [0.1, 0.15) is 5.82 Å². The van der Waals surface area contributed by atoms with Gasteiger partial charge in [-0.15, -0.1) is 0 Å². The molecule has 0 aliphatic heterocycles. The average Bonchev–Trinajstić information content (AvgIpc) is 2.43. The van der Waals surface area contributed by atoms with Crippen molar-refractivity contribution in [2.75, 3.05) is 11.4 Å². The predicted octanol–water partition coefficient (Wildman–Crippen LogP) is 3.75. The maximum atomic E-state index is 14.2. The number of aryl methyl sites for hydroxylation is 1. The van der Waals surface area contributed by atoms with E-state index in [2.05, 4.69) is 0 Å². The van der Waals surface area contributed by atoms with Crippen LogP contribution >= 0.6 is 0 Å². The second kappa shape index (κ2) is 5.85. The quantitative estimate of drug-likeness (QED) is 0.905. The lowest BCUT2D eigenvalue weighted by atomic mass is 10.1. The summed E-state index contributed by atoms with van der Waals surface area (Å²) < 4.78 is 14.2. The third-order valence-corrected chi connectivity index (χ3v) is 3.26. The Hall–Kier alpha value is -1.87. The molecule has 0 unspecified atom stereocenters. The van der Waals surface area contributed by atoms with Crippen LogP contribution in [0.3, 0.4) is 0 Å². The monoisotopic (exact) mass is 258 g/mol. The number of nitrogens with zero attached hydrogens (tertiary/aromatic N) is 1. The molecule has 0 bridgehead atoms. The molecular weight excluding hydrogens is 239 g/mol. The van der Waals surface area contributed by atoms with Crippen molar-refractivity contribution in [1.82, 2.24) is 0 Å². The molecule has 0 aliphatic carbocycles. The molecule has 0 radical (unpaired) electrons. The molecular formula is C16H19FN2. The van der Waals surface area contributed by atoms with Gasteiger partial charge >= 0.3 is 0 Å². The first-order valence-electron chi connectivity index (χ1n) is 6.49. The number of para-hydroxylation sites is 1. The second-order valence-electron chi connectivity index (χ2n) is 4.52. The van der Waals surface area contributed by atoms with E-state index in [1.165, 1.54) is 6.07 Å². The number of hydrogen-bond acceptors (Lipinski definition) is 2. The molecule has 0 aromatic heterocycles. The van der Waals surface area contributed by atoms with Crippen LogP contribution in [0.25, 0.3) is 0 Å². The maximum Gasteiger partial charge on any atom is 0.147 e. The van der Waals surface area contributed by atoms with Gasteiger partial charge in [-0.1, -0.05) is 24.3 Å². The van der Waals surface area contributed by atoms with E-state index in [0.717, 1.165) is 16.8 Å². The minimum atomic E-state index is -0.229. The topological polar surface area (TPSA) is 29.3 Å². The van der Waals surface area contributed by atoms with Crippen molar-refractivity contribution in [3.63, 3.8) is 0 Å². The van der Waals surface area contributed by atoms with E-state index >= 15 is 0 Å². The highest BCUT2D eigenvalue weighted by atomic mass is 19.1. The average molecular weight is 258 g/mol. The van der Waals surface area contributed by atoms with Crippen molar-refractivity contribution in [1.29, 1.82) is 0 Å². The van der Waals surface area contributed by atoms with E-state index in [-0.39, 0.29) is 5.82 Å². The lowest BCUT2D eigenvalue weighted by molar-refractivity contribution is 0.623. The molecule has 0 amide bonds. The van der Waals surface area contributed by atoms with E-state index < -0.39 is 0 Å². The molecule has 0 atom stereocenters. The zero-order chi connectivity index (χ0) is 13.8. The molecule has 0 fully saturated rings. The summed E-state index contributed by atoms with van der Waals surface area (Å²) in [6.07, 6.45) is 0. The fraction of sp³-hybridized carbons (Fsp3) is 0.250. The molecule has 2 N–H and O–H groups in total. The van der Waals surface area contributed by atoms with Gasteiger partial charge in [-0.25, -0.2) is 4.39 Å². The molecule has 0 heterocycles. The van der Waals surface area contributed by atoms with Crippen LogP contribution in [0.15, 0.2) is 42.5 Å². The van der Waals surface area contributed by atoms with E-state index in [1.807, 2.05) is 49.1 Å². The Morgan fingerprint density at radius 2 is 1.84 bits per heavy atom. The minimum Gasteiger partial charge on any atom is -0.339 e. The predicted molar refractivity (Wildman–Crippen MR) is 78.2 cm³/mol. The molecule has 100 valence electrons. The molecule has 2 aromatic carbocycles. The van der Waals surface area contributed by atoms with Crippen molar-refractivity contribution in [2.45, 2.75) is 20.4 Å². The van der Waals surface area contributed by atoms with Crippen molar-refractivity contribution in [3.8, 4) is 0 Å². The normalized spacial score (nSPS) is 10.5. The number of anilines is 2. The lowest BCUT2D eigenvalue weighted by Gasteiger charge is -2.25. The Morgan fingerprint density at radius 3 is 2.42 bits per heavy atom. The second-order valence-corrected chi connectivity index (χ2v) is 4.52. The highest BCUT2D eigenvalue weighted by Gasteiger charge is 2.13. The molecule has 2 rings (SSSR count). The number of halogens is 1. The molecule has 0 aliphatic rings. The summed E-state index contributed by atoms with van der Waals surface area (Å²) in [6.45, 7) is 5.12. The molecule has 0 spiro atoms. The van der Waals surface area contributed by atoms with Gasteiger partial charge in [-0.05, 0) is 43.2 Å².